The first kappa shape index (κ1) is 25.2. The van der Waals surface area contributed by atoms with Crippen LogP contribution in [0.1, 0.15) is 37.9 Å². The van der Waals surface area contributed by atoms with Crippen molar-refractivity contribution in [3.8, 4) is 11.5 Å². The standard InChI is InChI=1S/C25H22BrClN2O5S/c1-12(2)34-24(32)21-13(3)28-25-29(22(21)17-11-15(26)5-8-19(17)33-4)23(31)20(35-25)10-14-9-16(27)6-7-18(14)30/h5-12,22,30H,1-4H3/b20-10-/t22-/m0/s1. The van der Waals surface area contributed by atoms with Crippen molar-refractivity contribution < 1.29 is 19.4 Å². The Labute approximate surface area is 218 Å². The summed E-state index contributed by atoms with van der Waals surface area (Å²) in [6, 6.07) is 9.15. The summed E-state index contributed by atoms with van der Waals surface area (Å²) in [4.78, 5) is 31.9. The third-order valence-corrected chi connectivity index (χ3v) is 7.06. The lowest BCUT2D eigenvalue weighted by atomic mass is 9.95. The number of hydrogen-bond acceptors (Lipinski definition) is 7. The van der Waals surface area contributed by atoms with Gasteiger partial charge in [-0.25, -0.2) is 9.79 Å². The molecule has 0 saturated heterocycles. The molecule has 1 aliphatic rings. The average molecular weight is 578 g/mol. The fourth-order valence-electron chi connectivity index (χ4n) is 3.86. The van der Waals surface area contributed by atoms with Crippen LogP contribution in [-0.2, 0) is 9.53 Å². The second-order valence-corrected chi connectivity index (χ2v) is 10.5. The van der Waals surface area contributed by atoms with Gasteiger partial charge in [0.2, 0.25) is 0 Å². The van der Waals surface area contributed by atoms with Gasteiger partial charge in [0.15, 0.2) is 4.80 Å². The molecule has 1 atom stereocenters. The minimum atomic E-state index is -0.833. The summed E-state index contributed by atoms with van der Waals surface area (Å²) in [7, 11) is 1.53. The molecule has 0 aliphatic carbocycles. The molecule has 0 radical (unpaired) electrons. The van der Waals surface area contributed by atoms with Gasteiger partial charge in [0, 0.05) is 20.6 Å². The first-order valence-electron chi connectivity index (χ1n) is 10.7. The van der Waals surface area contributed by atoms with Crippen LogP contribution in [0.5, 0.6) is 11.5 Å². The van der Waals surface area contributed by atoms with Crippen molar-refractivity contribution in [2.24, 2.45) is 4.99 Å². The Hall–Kier alpha value is -2.88. The molecule has 0 bridgehead atoms. The number of carbonyl (C=O) groups is 1. The van der Waals surface area contributed by atoms with E-state index in [1.165, 1.54) is 17.7 Å². The Morgan fingerprint density at radius 3 is 2.71 bits per heavy atom. The van der Waals surface area contributed by atoms with Crippen molar-refractivity contribution in [1.29, 1.82) is 0 Å². The zero-order chi connectivity index (χ0) is 25.4. The maximum absolute atomic E-state index is 13.7. The topological polar surface area (TPSA) is 90.1 Å². The first-order valence-corrected chi connectivity index (χ1v) is 12.6. The second kappa shape index (κ2) is 10.0. The van der Waals surface area contributed by atoms with Gasteiger partial charge in [-0.3, -0.25) is 9.36 Å². The van der Waals surface area contributed by atoms with Crippen LogP contribution in [-0.4, -0.2) is 28.9 Å². The van der Waals surface area contributed by atoms with Crippen molar-refractivity contribution in [1.82, 2.24) is 4.57 Å². The number of carbonyl (C=O) groups excluding carboxylic acids is 1. The van der Waals surface area contributed by atoms with Crippen LogP contribution in [0.2, 0.25) is 5.02 Å². The highest BCUT2D eigenvalue weighted by Crippen LogP contribution is 2.37. The monoisotopic (exact) mass is 576 g/mol. The van der Waals surface area contributed by atoms with Gasteiger partial charge in [-0.1, -0.05) is 38.9 Å². The van der Waals surface area contributed by atoms with Gasteiger partial charge in [0.25, 0.3) is 5.56 Å². The summed E-state index contributed by atoms with van der Waals surface area (Å²) in [6.07, 6.45) is 1.20. The highest BCUT2D eigenvalue weighted by Gasteiger charge is 2.35. The fraction of sp³-hybridized carbons (Fsp3) is 0.240. The summed E-state index contributed by atoms with van der Waals surface area (Å²) < 4.78 is 13.7. The van der Waals surface area contributed by atoms with E-state index in [9.17, 15) is 14.7 Å². The van der Waals surface area contributed by atoms with Crippen LogP contribution >= 0.6 is 38.9 Å². The molecular weight excluding hydrogens is 556 g/mol. The van der Waals surface area contributed by atoms with Crippen molar-refractivity contribution in [3.05, 3.63) is 88.0 Å². The number of allylic oxidation sites excluding steroid dienone is 1. The number of rotatable bonds is 5. The molecule has 0 saturated carbocycles. The van der Waals surface area contributed by atoms with Crippen LogP contribution in [0.15, 0.2) is 61.9 Å². The number of methoxy groups -OCH3 is 1. The van der Waals surface area contributed by atoms with Crippen molar-refractivity contribution in [2.75, 3.05) is 7.11 Å². The van der Waals surface area contributed by atoms with E-state index >= 15 is 0 Å². The van der Waals surface area contributed by atoms with Gasteiger partial charge in [-0.15, -0.1) is 0 Å². The number of ether oxygens (including phenoxy) is 2. The van der Waals surface area contributed by atoms with E-state index in [0.717, 1.165) is 15.8 Å². The van der Waals surface area contributed by atoms with Crippen LogP contribution in [0.4, 0.5) is 0 Å². The Balaban J connectivity index is 2.02. The number of nitrogens with zero attached hydrogens (tertiary/aromatic N) is 2. The van der Waals surface area contributed by atoms with Gasteiger partial charge >= 0.3 is 5.97 Å². The molecule has 0 unspecified atom stereocenters. The molecule has 1 N–H and O–H groups in total. The molecule has 2 heterocycles. The molecule has 1 aromatic heterocycles. The third kappa shape index (κ3) is 4.94. The number of fused-ring (bicyclic) bond motifs is 1. The summed E-state index contributed by atoms with van der Waals surface area (Å²) in [5.41, 5.74) is 1.32. The number of aromatic hydroxyl groups is 1. The van der Waals surface area contributed by atoms with E-state index in [-0.39, 0.29) is 23.0 Å². The van der Waals surface area contributed by atoms with E-state index in [1.54, 1.807) is 45.0 Å². The molecule has 3 aromatic rings. The van der Waals surface area contributed by atoms with Gasteiger partial charge in [-0.2, -0.15) is 0 Å². The highest BCUT2D eigenvalue weighted by atomic mass is 79.9. The fourth-order valence-corrected chi connectivity index (χ4v) is 5.45. The Morgan fingerprint density at radius 2 is 2.03 bits per heavy atom. The summed E-state index contributed by atoms with van der Waals surface area (Å²) in [5, 5.41) is 10.7. The lowest BCUT2D eigenvalue weighted by molar-refractivity contribution is -0.143. The minimum absolute atomic E-state index is 0.0113. The van der Waals surface area contributed by atoms with Gasteiger partial charge in [0.05, 0.1) is 29.0 Å². The zero-order valence-electron chi connectivity index (χ0n) is 19.3. The van der Waals surface area contributed by atoms with Gasteiger partial charge in [-0.05, 0) is 63.2 Å². The first-order chi connectivity index (χ1) is 16.6. The lowest BCUT2D eigenvalue weighted by Crippen LogP contribution is -2.40. The average Bonchev–Trinajstić information content (AvgIpc) is 3.09. The normalized spacial score (nSPS) is 15.7. The van der Waals surface area contributed by atoms with Crippen molar-refractivity contribution in [3.63, 3.8) is 0 Å². The molecule has 7 nitrogen and oxygen atoms in total. The van der Waals surface area contributed by atoms with Gasteiger partial charge < -0.3 is 14.6 Å². The summed E-state index contributed by atoms with van der Waals surface area (Å²) in [6.45, 7) is 5.23. The predicted molar refractivity (Wildman–Crippen MR) is 139 cm³/mol. The van der Waals surface area contributed by atoms with E-state index < -0.39 is 12.0 Å². The van der Waals surface area contributed by atoms with E-state index in [4.69, 9.17) is 21.1 Å². The van der Waals surface area contributed by atoms with E-state index in [2.05, 4.69) is 20.9 Å². The number of hydrogen-bond donors (Lipinski definition) is 1. The second-order valence-electron chi connectivity index (χ2n) is 8.13. The molecule has 35 heavy (non-hydrogen) atoms. The number of esters is 1. The molecule has 4 rings (SSSR count). The van der Waals surface area contributed by atoms with Crippen molar-refractivity contribution in [2.45, 2.75) is 32.9 Å². The molecule has 0 spiro atoms. The molecule has 1 aliphatic heterocycles. The Bertz CT molecular complexity index is 1540. The highest BCUT2D eigenvalue weighted by molar-refractivity contribution is 9.10. The number of aromatic nitrogens is 1. The molecule has 0 fully saturated rings. The zero-order valence-corrected chi connectivity index (χ0v) is 22.5. The summed E-state index contributed by atoms with van der Waals surface area (Å²) >= 11 is 10.7. The SMILES string of the molecule is COc1ccc(Br)cc1[C@H]1C(C(=O)OC(C)C)=C(C)N=c2s/c(=C\c3cc(Cl)ccc3O)c(=O)n21. The maximum Gasteiger partial charge on any atom is 0.338 e. The maximum atomic E-state index is 13.7. The molecule has 182 valence electrons. The smallest absolute Gasteiger partial charge is 0.338 e. The lowest BCUT2D eigenvalue weighted by Gasteiger charge is -2.26. The number of phenols is 1. The number of phenolic OH excluding ortho intramolecular Hbond substituents is 1. The Kier molecular flexibility index (Phi) is 7.21. The minimum Gasteiger partial charge on any atom is -0.507 e. The molecule has 0 amide bonds. The van der Waals surface area contributed by atoms with Gasteiger partial charge in [0.1, 0.15) is 17.5 Å². The molecular formula is C25H22BrClN2O5S. The largest absolute Gasteiger partial charge is 0.507 e. The quantitative estimate of drug-likeness (QED) is 0.457. The van der Waals surface area contributed by atoms with E-state index in [1.807, 2.05) is 12.1 Å². The Morgan fingerprint density at radius 1 is 1.29 bits per heavy atom. The number of benzene rings is 2. The van der Waals surface area contributed by atoms with E-state index in [0.29, 0.717) is 36.9 Å². The van der Waals surface area contributed by atoms with Crippen LogP contribution in [0.25, 0.3) is 6.08 Å². The number of halogens is 2. The van der Waals surface area contributed by atoms with Crippen LogP contribution in [0.3, 0.4) is 0 Å². The van der Waals surface area contributed by atoms with Crippen LogP contribution in [0, 0.1) is 0 Å². The third-order valence-electron chi connectivity index (χ3n) is 5.35. The summed E-state index contributed by atoms with van der Waals surface area (Å²) in [5.74, 6) is -0.0670. The number of thiazole rings is 1. The van der Waals surface area contributed by atoms with Crippen molar-refractivity contribution >= 4 is 50.9 Å². The predicted octanol–water partition coefficient (Wildman–Crippen LogP) is 4.32. The molecule has 2 aromatic carbocycles. The van der Waals surface area contributed by atoms with Crippen LogP contribution < -0.4 is 19.6 Å². The molecule has 10 heteroatoms.